The molecule has 0 unspecified atom stereocenters. The molecule has 0 fully saturated rings. The van der Waals surface area contributed by atoms with Gasteiger partial charge in [0.1, 0.15) is 11.5 Å². The van der Waals surface area contributed by atoms with E-state index >= 15 is 0 Å². The maximum Gasteiger partial charge on any atom is 0.223 e. The normalized spacial score (nSPS) is 10.9. The Morgan fingerprint density at radius 1 is 1.11 bits per heavy atom. The Hall–Kier alpha value is -3.48. The number of nitrogens with one attached hydrogen (secondary N) is 1. The monoisotopic (exact) mass is 364 g/mol. The second-order valence-corrected chi connectivity index (χ2v) is 6.14. The number of benzene rings is 1. The van der Waals surface area contributed by atoms with Crippen molar-refractivity contribution in [3.05, 3.63) is 71.5 Å². The first-order valence-electron chi connectivity index (χ1n) is 8.44. The maximum atomic E-state index is 13.0. The van der Waals surface area contributed by atoms with Gasteiger partial charge in [0.15, 0.2) is 11.5 Å². The lowest BCUT2D eigenvalue weighted by molar-refractivity contribution is 0.426. The zero-order valence-corrected chi connectivity index (χ0v) is 14.9. The highest BCUT2D eigenvalue weighted by molar-refractivity contribution is 5.77. The van der Waals surface area contributed by atoms with Gasteiger partial charge in [0.05, 0.1) is 17.5 Å². The Balaban J connectivity index is 1.68. The van der Waals surface area contributed by atoms with Crippen molar-refractivity contribution < 1.29 is 13.3 Å². The lowest BCUT2D eigenvalue weighted by atomic mass is 10.1. The fraction of sp³-hybridized carbons (Fsp3) is 0.150. The molecule has 4 rings (SSSR count). The van der Waals surface area contributed by atoms with Gasteiger partial charge in [0.25, 0.3) is 0 Å². The average molecular weight is 364 g/mol. The predicted molar refractivity (Wildman–Crippen MR) is 98.4 cm³/mol. The third kappa shape index (κ3) is 3.44. The zero-order chi connectivity index (χ0) is 18.8. The average Bonchev–Trinajstić information content (AvgIpc) is 3.32. The van der Waals surface area contributed by atoms with Gasteiger partial charge in [0.2, 0.25) is 5.95 Å². The van der Waals surface area contributed by atoms with Crippen molar-refractivity contribution in [2.24, 2.45) is 0 Å². The van der Waals surface area contributed by atoms with Crippen molar-refractivity contribution in [3.63, 3.8) is 0 Å². The minimum atomic E-state index is -0.267. The molecule has 0 amide bonds. The highest BCUT2D eigenvalue weighted by Crippen LogP contribution is 2.33. The van der Waals surface area contributed by atoms with Crippen LogP contribution >= 0.6 is 0 Å². The standard InChI is InChI=1S/C20H17FN4O2/c1-12-13(2)25-27-19(12)16-11-23-20(24-18(16)17-4-3-9-26-17)22-10-14-5-7-15(21)8-6-14/h3-9,11H,10H2,1-2H3,(H,22,23,24). The van der Waals surface area contributed by atoms with E-state index in [9.17, 15) is 4.39 Å². The largest absolute Gasteiger partial charge is 0.463 e. The molecule has 6 nitrogen and oxygen atoms in total. The summed E-state index contributed by atoms with van der Waals surface area (Å²) in [6.45, 7) is 4.29. The zero-order valence-electron chi connectivity index (χ0n) is 14.9. The van der Waals surface area contributed by atoms with Gasteiger partial charge in [-0.05, 0) is 43.7 Å². The van der Waals surface area contributed by atoms with Gasteiger partial charge >= 0.3 is 0 Å². The van der Waals surface area contributed by atoms with Crippen LogP contribution in [0.2, 0.25) is 0 Å². The summed E-state index contributed by atoms with van der Waals surface area (Å²) in [6.07, 6.45) is 3.27. The third-order valence-corrected chi connectivity index (χ3v) is 4.31. The third-order valence-electron chi connectivity index (χ3n) is 4.31. The SMILES string of the molecule is Cc1noc(-c2cnc(NCc3ccc(F)cc3)nc2-c2ccco2)c1C. The molecule has 1 aromatic carbocycles. The number of halogens is 1. The number of aromatic nitrogens is 3. The van der Waals surface area contributed by atoms with Crippen LogP contribution in [0, 0.1) is 19.7 Å². The Labute approximate surface area is 155 Å². The molecule has 0 atom stereocenters. The number of rotatable bonds is 5. The van der Waals surface area contributed by atoms with Crippen molar-refractivity contribution >= 4 is 5.95 Å². The van der Waals surface area contributed by atoms with Gasteiger partial charge in [-0.1, -0.05) is 17.3 Å². The van der Waals surface area contributed by atoms with E-state index in [-0.39, 0.29) is 5.82 Å². The molecule has 0 saturated heterocycles. The number of furan rings is 1. The van der Waals surface area contributed by atoms with Crippen molar-refractivity contribution in [3.8, 4) is 22.8 Å². The van der Waals surface area contributed by atoms with Crippen molar-refractivity contribution in [1.82, 2.24) is 15.1 Å². The van der Waals surface area contributed by atoms with Gasteiger partial charge in [-0.2, -0.15) is 0 Å². The maximum absolute atomic E-state index is 13.0. The molecular formula is C20H17FN4O2. The Morgan fingerprint density at radius 2 is 1.93 bits per heavy atom. The van der Waals surface area contributed by atoms with E-state index in [0.29, 0.717) is 35.3 Å². The quantitative estimate of drug-likeness (QED) is 0.550. The van der Waals surface area contributed by atoms with Crippen LogP contribution in [0.1, 0.15) is 16.8 Å². The summed E-state index contributed by atoms with van der Waals surface area (Å²) in [5, 5.41) is 7.16. The predicted octanol–water partition coefficient (Wildman–Crippen LogP) is 4.76. The van der Waals surface area contributed by atoms with E-state index in [4.69, 9.17) is 8.94 Å². The fourth-order valence-electron chi connectivity index (χ4n) is 2.68. The van der Waals surface area contributed by atoms with Crippen LogP contribution in [-0.4, -0.2) is 15.1 Å². The molecule has 27 heavy (non-hydrogen) atoms. The van der Waals surface area contributed by atoms with Crippen LogP contribution in [0.15, 0.2) is 57.8 Å². The molecular weight excluding hydrogens is 347 g/mol. The lowest BCUT2D eigenvalue weighted by Gasteiger charge is -2.09. The summed E-state index contributed by atoms with van der Waals surface area (Å²) >= 11 is 0. The number of anilines is 1. The first-order chi connectivity index (χ1) is 13.1. The molecule has 3 heterocycles. The molecule has 0 saturated carbocycles. The Kier molecular flexibility index (Phi) is 4.42. The second-order valence-electron chi connectivity index (χ2n) is 6.14. The number of nitrogens with zero attached hydrogens (tertiary/aromatic N) is 3. The molecule has 0 aliphatic carbocycles. The van der Waals surface area contributed by atoms with Crippen molar-refractivity contribution in [2.45, 2.75) is 20.4 Å². The summed E-state index contributed by atoms with van der Waals surface area (Å²) in [7, 11) is 0. The Morgan fingerprint density at radius 3 is 2.59 bits per heavy atom. The van der Waals surface area contributed by atoms with Crippen molar-refractivity contribution in [1.29, 1.82) is 0 Å². The smallest absolute Gasteiger partial charge is 0.223 e. The summed E-state index contributed by atoms with van der Waals surface area (Å²) < 4.78 is 24.0. The van der Waals surface area contributed by atoms with E-state index in [2.05, 4.69) is 20.4 Å². The van der Waals surface area contributed by atoms with E-state index in [1.165, 1.54) is 12.1 Å². The molecule has 7 heteroatoms. The van der Waals surface area contributed by atoms with Crippen LogP contribution < -0.4 is 5.32 Å². The molecule has 136 valence electrons. The van der Waals surface area contributed by atoms with Gasteiger partial charge in [-0.25, -0.2) is 14.4 Å². The van der Waals surface area contributed by atoms with Gasteiger partial charge in [0, 0.05) is 18.3 Å². The Bertz CT molecular complexity index is 1060. The molecule has 0 aliphatic rings. The molecule has 1 N–H and O–H groups in total. The summed E-state index contributed by atoms with van der Waals surface area (Å²) in [5.74, 6) is 1.38. The minimum Gasteiger partial charge on any atom is -0.463 e. The van der Waals surface area contributed by atoms with Gasteiger partial charge < -0.3 is 14.3 Å². The summed E-state index contributed by atoms with van der Waals surface area (Å²) in [6, 6.07) is 9.89. The van der Waals surface area contributed by atoms with Crippen LogP contribution in [0.25, 0.3) is 22.8 Å². The molecule has 4 aromatic rings. The van der Waals surface area contributed by atoms with Crippen LogP contribution in [0.3, 0.4) is 0 Å². The molecule has 0 bridgehead atoms. The number of hydrogen-bond acceptors (Lipinski definition) is 6. The van der Waals surface area contributed by atoms with E-state index in [1.54, 1.807) is 30.7 Å². The van der Waals surface area contributed by atoms with Gasteiger partial charge in [-0.3, -0.25) is 0 Å². The summed E-state index contributed by atoms with van der Waals surface area (Å²) in [4.78, 5) is 8.98. The van der Waals surface area contributed by atoms with Crippen LogP contribution in [0.4, 0.5) is 10.3 Å². The molecule has 0 radical (unpaired) electrons. The first-order valence-corrected chi connectivity index (χ1v) is 8.44. The van der Waals surface area contributed by atoms with Crippen molar-refractivity contribution in [2.75, 3.05) is 5.32 Å². The number of hydrogen-bond donors (Lipinski definition) is 1. The molecule has 3 aromatic heterocycles. The topological polar surface area (TPSA) is 77.0 Å². The van der Waals surface area contributed by atoms with Gasteiger partial charge in [-0.15, -0.1) is 0 Å². The van der Waals surface area contributed by atoms with E-state index < -0.39 is 0 Å². The number of aryl methyl sites for hydroxylation is 1. The molecule has 0 aliphatic heterocycles. The van der Waals surface area contributed by atoms with E-state index in [1.807, 2.05) is 19.9 Å². The summed E-state index contributed by atoms with van der Waals surface area (Å²) in [5.41, 5.74) is 3.98. The second kappa shape index (κ2) is 7.03. The highest BCUT2D eigenvalue weighted by atomic mass is 19.1. The molecule has 0 spiro atoms. The van der Waals surface area contributed by atoms with Crippen LogP contribution in [-0.2, 0) is 6.54 Å². The minimum absolute atomic E-state index is 0.267. The highest BCUT2D eigenvalue weighted by Gasteiger charge is 2.20. The fourth-order valence-corrected chi connectivity index (χ4v) is 2.68. The van der Waals surface area contributed by atoms with E-state index in [0.717, 1.165) is 16.8 Å². The lowest BCUT2D eigenvalue weighted by Crippen LogP contribution is -2.05. The van der Waals surface area contributed by atoms with Crippen LogP contribution in [0.5, 0.6) is 0 Å². The first kappa shape index (κ1) is 17.0.